The lowest BCUT2D eigenvalue weighted by Crippen LogP contribution is -1.82. The van der Waals surface area contributed by atoms with Gasteiger partial charge in [-0.05, 0) is 36.8 Å². The first-order valence-electron chi connectivity index (χ1n) is 4.10. The quantitative estimate of drug-likeness (QED) is 0.684. The summed E-state index contributed by atoms with van der Waals surface area (Å²) in [6, 6.07) is 13.1. The van der Waals surface area contributed by atoms with Gasteiger partial charge in [0.1, 0.15) is 0 Å². The van der Waals surface area contributed by atoms with Crippen molar-refractivity contribution in [2.75, 3.05) is 5.73 Å². The van der Waals surface area contributed by atoms with Gasteiger partial charge >= 0.3 is 0 Å². The maximum Gasteiger partial charge on any atom is 0.0394 e. The molecular formula is C11H10NS. The van der Waals surface area contributed by atoms with Gasteiger partial charge in [0.05, 0.1) is 0 Å². The minimum absolute atomic E-state index is 0.692. The van der Waals surface area contributed by atoms with Crippen molar-refractivity contribution in [2.45, 2.75) is 6.92 Å². The van der Waals surface area contributed by atoms with E-state index in [1.165, 1.54) is 15.3 Å². The molecule has 0 bridgehead atoms. The van der Waals surface area contributed by atoms with Gasteiger partial charge in [-0.25, -0.2) is 0 Å². The van der Waals surface area contributed by atoms with Crippen LogP contribution in [0, 0.1) is 13.0 Å². The number of hydrogen-bond acceptors (Lipinski definition) is 2. The van der Waals surface area contributed by atoms with E-state index < -0.39 is 0 Å². The lowest BCUT2D eigenvalue weighted by molar-refractivity contribution is 1.64. The first-order chi connectivity index (χ1) is 6.25. The van der Waals surface area contributed by atoms with Crippen LogP contribution >= 0.6 is 11.3 Å². The van der Waals surface area contributed by atoms with Gasteiger partial charge in [-0.3, -0.25) is 0 Å². The summed E-state index contributed by atoms with van der Waals surface area (Å²) in [4.78, 5) is 2.60. The fourth-order valence-electron chi connectivity index (χ4n) is 1.18. The average Bonchev–Trinajstić information content (AvgIpc) is 2.53. The number of nitrogen functional groups attached to an aromatic ring is 1. The molecule has 13 heavy (non-hydrogen) atoms. The zero-order chi connectivity index (χ0) is 9.26. The Morgan fingerprint density at radius 1 is 1.23 bits per heavy atom. The van der Waals surface area contributed by atoms with Crippen LogP contribution < -0.4 is 5.73 Å². The molecule has 1 heterocycles. The predicted octanol–water partition coefficient (Wildman–Crippen LogP) is 3.11. The standard InChI is InChI=1S/C11H10NS/c1-8-2-7-11(13-8)9-3-5-10(12)6-4-9/h2-5,7H,12H2,1H3. The van der Waals surface area contributed by atoms with Crippen LogP contribution in [0.2, 0.25) is 0 Å². The monoisotopic (exact) mass is 188 g/mol. The molecule has 0 fully saturated rings. The van der Waals surface area contributed by atoms with Crippen molar-refractivity contribution < 1.29 is 0 Å². The third-order valence-electron chi connectivity index (χ3n) is 1.86. The SMILES string of the molecule is Cc1ccc(-c2c[c]c(N)cc2)s1. The van der Waals surface area contributed by atoms with Gasteiger partial charge in [0.15, 0.2) is 0 Å². The van der Waals surface area contributed by atoms with Crippen LogP contribution in [0.1, 0.15) is 4.88 Å². The summed E-state index contributed by atoms with van der Waals surface area (Å²) in [6.45, 7) is 2.11. The normalized spacial score (nSPS) is 10.2. The van der Waals surface area contributed by atoms with E-state index in [-0.39, 0.29) is 0 Å². The Morgan fingerprint density at radius 2 is 2.08 bits per heavy atom. The van der Waals surface area contributed by atoms with Crippen LogP contribution in [0.15, 0.2) is 30.3 Å². The Morgan fingerprint density at radius 3 is 2.62 bits per heavy atom. The molecule has 65 valence electrons. The van der Waals surface area contributed by atoms with Crippen molar-refractivity contribution >= 4 is 17.0 Å². The molecule has 0 aliphatic heterocycles. The van der Waals surface area contributed by atoms with Gasteiger partial charge in [0.2, 0.25) is 0 Å². The van der Waals surface area contributed by atoms with E-state index in [9.17, 15) is 0 Å². The number of hydrogen-bond donors (Lipinski definition) is 1. The molecule has 1 aromatic carbocycles. The highest BCUT2D eigenvalue weighted by atomic mass is 32.1. The summed E-state index contributed by atoms with van der Waals surface area (Å²) in [6.07, 6.45) is 0. The van der Waals surface area contributed by atoms with Gasteiger partial charge in [-0.1, -0.05) is 6.07 Å². The lowest BCUT2D eigenvalue weighted by atomic mass is 10.2. The van der Waals surface area contributed by atoms with E-state index >= 15 is 0 Å². The van der Waals surface area contributed by atoms with Crippen molar-refractivity contribution in [3.8, 4) is 10.4 Å². The van der Waals surface area contributed by atoms with Gasteiger partial charge in [-0.15, -0.1) is 11.3 Å². The number of rotatable bonds is 1. The summed E-state index contributed by atoms with van der Waals surface area (Å²) in [5.41, 5.74) is 7.44. The molecule has 2 heteroatoms. The highest BCUT2D eigenvalue weighted by molar-refractivity contribution is 7.15. The molecule has 2 N–H and O–H groups in total. The molecule has 0 saturated heterocycles. The maximum absolute atomic E-state index is 5.56. The number of thiophene rings is 1. The minimum Gasteiger partial charge on any atom is -0.398 e. The largest absolute Gasteiger partial charge is 0.398 e. The van der Waals surface area contributed by atoms with Crippen molar-refractivity contribution in [1.82, 2.24) is 0 Å². The molecule has 2 rings (SSSR count). The zero-order valence-electron chi connectivity index (χ0n) is 7.37. The summed E-state index contributed by atoms with van der Waals surface area (Å²) >= 11 is 1.79. The van der Waals surface area contributed by atoms with E-state index in [4.69, 9.17) is 5.73 Å². The van der Waals surface area contributed by atoms with Crippen LogP contribution in [-0.2, 0) is 0 Å². The molecule has 0 amide bonds. The maximum atomic E-state index is 5.56. The van der Waals surface area contributed by atoms with E-state index in [1.807, 2.05) is 18.2 Å². The predicted molar refractivity (Wildman–Crippen MR) is 57.7 cm³/mol. The molecule has 0 atom stereocenters. The third-order valence-corrected chi connectivity index (χ3v) is 2.91. The van der Waals surface area contributed by atoms with Crippen LogP contribution in [-0.4, -0.2) is 0 Å². The van der Waals surface area contributed by atoms with Crippen LogP contribution in [0.25, 0.3) is 10.4 Å². The number of anilines is 1. The summed E-state index contributed by atoms with van der Waals surface area (Å²) < 4.78 is 0. The molecule has 0 aliphatic rings. The van der Waals surface area contributed by atoms with Gasteiger partial charge in [0, 0.05) is 21.5 Å². The Bertz CT molecular complexity index is 400. The zero-order valence-corrected chi connectivity index (χ0v) is 8.19. The molecule has 1 aromatic heterocycles. The Labute approximate surface area is 81.8 Å². The third kappa shape index (κ3) is 1.73. The first-order valence-corrected chi connectivity index (χ1v) is 4.91. The number of benzene rings is 1. The average molecular weight is 188 g/mol. The Kier molecular flexibility index (Phi) is 2.07. The van der Waals surface area contributed by atoms with Gasteiger partial charge in [-0.2, -0.15) is 0 Å². The molecule has 0 unspecified atom stereocenters. The second kappa shape index (κ2) is 3.23. The van der Waals surface area contributed by atoms with Crippen molar-refractivity contribution in [3.05, 3.63) is 41.3 Å². The molecule has 1 radical (unpaired) electrons. The van der Waals surface area contributed by atoms with Crippen molar-refractivity contribution in [3.63, 3.8) is 0 Å². The molecule has 2 aromatic rings. The van der Waals surface area contributed by atoms with Crippen molar-refractivity contribution in [2.24, 2.45) is 0 Å². The highest BCUT2D eigenvalue weighted by Crippen LogP contribution is 2.27. The van der Waals surface area contributed by atoms with E-state index in [1.54, 1.807) is 11.3 Å². The minimum atomic E-state index is 0.692. The van der Waals surface area contributed by atoms with E-state index in [0.29, 0.717) is 5.69 Å². The van der Waals surface area contributed by atoms with E-state index in [0.717, 1.165) is 0 Å². The molecule has 0 spiro atoms. The first kappa shape index (κ1) is 8.32. The number of aryl methyl sites for hydroxylation is 1. The van der Waals surface area contributed by atoms with E-state index in [2.05, 4.69) is 25.1 Å². The topological polar surface area (TPSA) is 26.0 Å². The smallest absolute Gasteiger partial charge is 0.0394 e. The van der Waals surface area contributed by atoms with Crippen LogP contribution in [0.4, 0.5) is 5.69 Å². The summed E-state index contributed by atoms with van der Waals surface area (Å²) in [7, 11) is 0. The Hall–Kier alpha value is -1.28. The fourth-order valence-corrected chi connectivity index (χ4v) is 2.04. The van der Waals surface area contributed by atoms with Crippen molar-refractivity contribution in [1.29, 1.82) is 0 Å². The molecule has 0 aliphatic carbocycles. The van der Waals surface area contributed by atoms with Gasteiger partial charge < -0.3 is 5.73 Å². The van der Waals surface area contributed by atoms with Crippen LogP contribution in [0.5, 0.6) is 0 Å². The van der Waals surface area contributed by atoms with Crippen LogP contribution in [0.3, 0.4) is 0 Å². The summed E-state index contributed by atoms with van der Waals surface area (Å²) in [5, 5.41) is 0. The fraction of sp³-hybridized carbons (Fsp3) is 0.0909. The second-order valence-corrected chi connectivity index (χ2v) is 4.23. The summed E-state index contributed by atoms with van der Waals surface area (Å²) in [5.74, 6) is 0. The lowest BCUT2D eigenvalue weighted by Gasteiger charge is -1.96. The molecular weight excluding hydrogens is 178 g/mol. The number of nitrogens with two attached hydrogens (primary N) is 1. The second-order valence-electron chi connectivity index (χ2n) is 2.94. The molecule has 1 nitrogen and oxygen atoms in total. The Balaban J connectivity index is 2.41. The molecule has 0 saturated carbocycles. The highest BCUT2D eigenvalue weighted by Gasteiger charge is 1.99. The van der Waals surface area contributed by atoms with Gasteiger partial charge in [0.25, 0.3) is 0 Å².